The molecule has 0 spiro atoms. The fraction of sp³-hybridized carbons (Fsp3) is 0.727. The van der Waals surface area contributed by atoms with Gasteiger partial charge in [0.25, 0.3) is 0 Å². The van der Waals surface area contributed by atoms with Gasteiger partial charge in [-0.15, -0.1) is 0 Å². The van der Waals surface area contributed by atoms with Crippen molar-refractivity contribution in [1.29, 1.82) is 0 Å². The first kappa shape index (κ1) is 17.3. The quantitative estimate of drug-likeness (QED) is 0.365. The molecule has 110 valence electrons. The predicted octanol–water partition coefficient (Wildman–Crippen LogP) is -1.96. The van der Waals surface area contributed by atoms with Gasteiger partial charge in [-0.1, -0.05) is 13.8 Å². The topological polar surface area (TPSA) is 142 Å². The van der Waals surface area contributed by atoms with Gasteiger partial charge in [0.2, 0.25) is 11.8 Å². The van der Waals surface area contributed by atoms with Crippen LogP contribution in [0.1, 0.15) is 20.8 Å². The highest BCUT2D eigenvalue weighted by Crippen LogP contribution is 1.99. The summed E-state index contributed by atoms with van der Waals surface area (Å²) in [4.78, 5) is 33.8. The van der Waals surface area contributed by atoms with Crippen molar-refractivity contribution in [3.8, 4) is 0 Å². The molecule has 0 aromatic carbocycles. The second-order valence-corrected chi connectivity index (χ2v) is 4.58. The highest BCUT2D eigenvalue weighted by atomic mass is 16.4. The molecule has 0 aromatic heterocycles. The van der Waals surface area contributed by atoms with Gasteiger partial charge in [0.1, 0.15) is 12.1 Å². The molecule has 0 saturated carbocycles. The molecule has 0 aliphatic rings. The number of aliphatic carboxylic acids is 1. The molecule has 0 aliphatic carbocycles. The molecule has 0 fully saturated rings. The number of carbonyl (C=O) groups excluding carboxylic acids is 2. The number of carbonyl (C=O) groups is 3. The van der Waals surface area contributed by atoms with Crippen LogP contribution < -0.4 is 16.4 Å². The van der Waals surface area contributed by atoms with E-state index < -0.39 is 42.5 Å². The van der Waals surface area contributed by atoms with Crippen molar-refractivity contribution < 1.29 is 24.6 Å². The van der Waals surface area contributed by atoms with Gasteiger partial charge >= 0.3 is 5.97 Å². The second kappa shape index (κ2) is 7.70. The third-order valence-electron chi connectivity index (χ3n) is 2.57. The van der Waals surface area contributed by atoms with Gasteiger partial charge in [0.15, 0.2) is 0 Å². The van der Waals surface area contributed by atoms with E-state index in [1.54, 1.807) is 13.8 Å². The van der Waals surface area contributed by atoms with Crippen LogP contribution in [-0.2, 0) is 14.4 Å². The van der Waals surface area contributed by atoms with Crippen LogP contribution in [0.2, 0.25) is 0 Å². The van der Waals surface area contributed by atoms with Gasteiger partial charge in [0.05, 0.1) is 12.6 Å². The van der Waals surface area contributed by atoms with Crippen molar-refractivity contribution in [3.63, 3.8) is 0 Å². The minimum Gasteiger partial charge on any atom is -0.480 e. The Morgan fingerprint density at radius 2 is 1.63 bits per heavy atom. The van der Waals surface area contributed by atoms with Crippen molar-refractivity contribution >= 4 is 17.8 Å². The van der Waals surface area contributed by atoms with Crippen LogP contribution in [0.4, 0.5) is 0 Å². The molecule has 0 rings (SSSR count). The maximum atomic E-state index is 11.6. The van der Waals surface area contributed by atoms with E-state index in [0.29, 0.717) is 0 Å². The van der Waals surface area contributed by atoms with E-state index in [1.165, 1.54) is 6.92 Å². The lowest BCUT2D eigenvalue weighted by molar-refractivity contribution is -0.142. The van der Waals surface area contributed by atoms with E-state index in [4.69, 9.17) is 15.9 Å². The number of hydrogen-bond donors (Lipinski definition) is 5. The van der Waals surface area contributed by atoms with E-state index in [0.717, 1.165) is 0 Å². The maximum absolute atomic E-state index is 11.6. The lowest BCUT2D eigenvalue weighted by Gasteiger charge is -2.21. The van der Waals surface area contributed by atoms with E-state index >= 15 is 0 Å². The molecule has 0 heterocycles. The minimum absolute atomic E-state index is 0.125. The van der Waals surface area contributed by atoms with Crippen molar-refractivity contribution in [2.24, 2.45) is 11.7 Å². The summed E-state index contributed by atoms with van der Waals surface area (Å²) in [5.74, 6) is -2.69. The first-order valence-corrected chi connectivity index (χ1v) is 5.90. The van der Waals surface area contributed by atoms with E-state index in [9.17, 15) is 14.4 Å². The Balaban J connectivity index is 4.54. The smallest absolute Gasteiger partial charge is 0.325 e. The standard InChI is InChI=1S/C11H21N3O5/c1-5(2)8(12)10(17)14-7(4-15)9(16)13-6(3)11(18)19/h5-8,15H,4,12H2,1-3H3,(H,13,16)(H,14,17)(H,18,19)/t6-,7-,8-/m0/s1. The maximum Gasteiger partial charge on any atom is 0.325 e. The number of hydrogen-bond acceptors (Lipinski definition) is 5. The number of carboxylic acid groups (broad SMARTS) is 1. The van der Waals surface area contributed by atoms with Crippen molar-refractivity contribution in [2.45, 2.75) is 38.9 Å². The molecule has 8 heteroatoms. The Morgan fingerprint density at radius 3 is 2.00 bits per heavy atom. The number of amides is 2. The second-order valence-electron chi connectivity index (χ2n) is 4.58. The summed E-state index contributed by atoms with van der Waals surface area (Å²) in [5, 5.41) is 22.1. The fourth-order valence-corrected chi connectivity index (χ4v) is 1.14. The van der Waals surface area contributed by atoms with Gasteiger partial charge < -0.3 is 26.6 Å². The van der Waals surface area contributed by atoms with Crippen LogP contribution in [0.5, 0.6) is 0 Å². The molecule has 3 atom stereocenters. The third-order valence-corrected chi connectivity index (χ3v) is 2.57. The molecule has 0 radical (unpaired) electrons. The number of aliphatic hydroxyl groups excluding tert-OH is 1. The number of rotatable bonds is 7. The molecule has 19 heavy (non-hydrogen) atoms. The predicted molar refractivity (Wildman–Crippen MR) is 67.1 cm³/mol. The highest BCUT2D eigenvalue weighted by Gasteiger charge is 2.26. The van der Waals surface area contributed by atoms with Crippen LogP contribution in [0.25, 0.3) is 0 Å². The van der Waals surface area contributed by atoms with Gasteiger partial charge in [0, 0.05) is 0 Å². The fourth-order valence-electron chi connectivity index (χ4n) is 1.14. The van der Waals surface area contributed by atoms with Crippen LogP contribution >= 0.6 is 0 Å². The minimum atomic E-state index is -1.22. The van der Waals surface area contributed by atoms with E-state index in [-0.39, 0.29) is 5.92 Å². The SMILES string of the molecule is CC(C)[C@H](N)C(=O)N[C@@H](CO)C(=O)N[C@@H](C)C(=O)O. The van der Waals surface area contributed by atoms with E-state index in [2.05, 4.69) is 10.6 Å². The molecular weight excluding hydrogens is 254 g/mol. The number of aliphatic hydroxyl groups is 1. The zero-order valence-electron chi connectivity index (χ0n) is 11.2. The van der Waals surface area contributed by atoms with Crippen molar-refractivity contribution in [2.75, 3.05) is 6.61 Å². The lowest BCUT2D eigenvalue weighted by Crippen LogP contribution is -2.56. The van der Waals surface area contributed by atoms with Crippen LogP contribution in [0.3, 0.4) is 0 Å². The molecular formula is C11H21N3O5. The molecule has 8 nitrogen and oxygen atoms in total. The number of nitrogens with two attached hydrogens (primary N) is 1. The highest BCUT2D eigenvalue weighted by molar-refractivity contribution is 5.91. The van der Waals surface area contributed by atoms with Gasteiger partial charge in [-0.25, -0.2) is 0 Å². The average molecular weight is 275 g/mol. The normalized spacial score (nSPS) is 15.5. The molecule has 0 saturated heterocycles. The summed E-state index contributed by atoms with van der Waals surface area (Å²) in [5.41, 5.74) is 5.59. The van der Waals surface area contributed by atoms with Gasteiger partial charge in [-0.2, -0.15) is 0 Å². The van der Waals surface area contributed by atoms with Crippen molar-refractivity contribution in [1.82, 2.24) is 10.6 Å². The Morgan fingerprint density at radius 1 is 1.11 bits per heavy atom. The van der Waals surface area contributed by atoms with Crippen molar-refractivity contribution in [3.05, 3.63) is 0 Å². The molecule has 2 amide bonds. The summed E-state index contributed by atoms with van der Waals surface area (Å²) in [6, 6.07) is -3.14. The molecule has 0 unspecified atom stereocenters. The number of carboxylic acids is 1. The Labute approximate surface area is 111 Å². The first-order chi connectivity index (χ1) is 8.70. The summed E-state index contributed by atoms with van der Waals surface area (Å²) < 4.78 is 0. The zero-order chi connectivity index (χ0) is 15.2. The summed E-state index contributed by atoms with van der Waals surface area (Å²) in [6.45, 7) is 4.11. The Bertz CT molecular complexity index is 345. The van der Waals surface area contributed by atoms with Crippen LogP contribution in [0.15, 0.2) is 0 Å². The Kier molecular flexibility index (Phi) is 7.02. The number of nitrogens with one attached hydrogen (secondary N) is 2. The third kappa shape index (κ3) is 5.66. The van der Waals surface area contributed by atoms with E-state index in [1.807, 2.05) is 0 Å². The van der Waals surface area contributed by atoms with Crippen LogP contribution in [0, 0.1) is 5.92 Å². The summed E-state index contributed by atoms with van der Waals surface area (Å²) in [6.07, 6.45) is 0. The summed E-state index contributed by atoms with van der Waals surface area (Å²) in [7, 11) is 0. The molecule has 0 aromatic rings. The van der Waals surface area contributed by atoms with Crippen LogP contribution in [-0.4, -0.2) is 52.7 Å². The monoisotopic (exact) mass is 275 g/mol. The lowest BCUT2D eigenvalue weighted by atomic mass is 10.0. The average Bonchev–Trinajstić information content (AvgIpc) is 2.33. The summed E-state index contributed by atoms with van der Waals surface area (Å²) >= 11 is 0. The van der Waals surface area contributed by atoms with Gasteiger partial charge in [-0.05, 0) is 12.8 Å². The molecule has 6 N–H and O–H groups in total. The largest absolute Gasteiger partial charge is 0.480 e. The molecule has 0 bridgehead atoms. The zero-order valence-corrected chi connectivity index (χ0v) is 11.2. The Hall–Kier alpha value is -1.67. The first-order valence-electron chi connectivity index (χ1n) is 5.90. The molecule has 0 aliphatic heterocycles. The van der Waals surface area contributed by atoms with Gasteiger partial charge in [-0.3, -0.25) is 14.4 Å².